The third kappa shape index (κ3) is 64.4. The molecule has 0 amide bonds. The van der Waals surface area contributed by atoms with E-state index in [-0.39, 0.29) is 29.7 Å². The molecule has 0 aliphatic carbocycles. The average Bonchev–Trinajstić information content (AvgIpc) is 2.05. The van der Waals surface area contributed by atoms with Crippen molar-refractivity contribution in [3.63, 3.8) is 0 Å². The fourth-order valence-corrected chi connectivity index (χ4v) is 6.13. The molecule has 0 aliphatic rings. The van der Waals surface area contributed by atoms with Gasteiger partial charge in [-0.25, -0.2) is 0 Å². The summed E-state index contributed by atoms with van der Waals surface area (Å²) in [7, 11) is 10.6. The Morgan fingerprint density at radius 3 is 1.21 bits per heavy atom. The monoisotopic (exact) mass is 370 g/mol. The molecule has 0 aliphatic heterocycles. The Hall–Kier alpha value is 2.15. The molecule has 7 atom stereocenters. The van der Waals surface area contributed by atoms with Crippen LogP contribution in [0.1, 0.15) is 84.1 Å². The van der Waals surface area contributed by atoms with Gasteiger partial charge in [0.15, 0.2) is 0 Å². The quantitative estimate of drug-likeness (QED) is 0.438. The van der Waals surface area contributed by atoms with Crippen molar-refractivity contribution in [1.82, 2.24) is 0 Å². The third-order valence-electron chi connectivity index (χ3n) is 0.827. The maximum atomic E-state index is 2.93. The number of hydrogen-bond donors (Lipinski definition) is 0. The van der Waals surface area contributed by atoms with Gasteiger partial charge in [-0.1, -0.05) is 85.4 Å². The molecule has 0 heterocycles. The summed E-state index contributed by atoms with van der Waals surface area (Å²) in [6.07, 6.45) is 2.50. The maximum Gasteiger partial charge on any atom is 0.0201 e. The van der Waals surface area contributed by atoms with Crippen molar-refractivity contribution in [3.8, 4) is 0 Å². The van der Waals surface area contributed by atoms with Gasteiger partial charge in [0.1, 0.15) is 0 Å². The highest BCUT2D eigenvalue weighted by molar-refractivity contribution is 8.09. The normalized spacial score (nSPS) is 13.1. The second-order valence-corrected chi connectivity index (χ2v) is 12.6. The Kier molecular flexibility index (Phi) is 72.7. The van der Waals surface area contributed by atoms with Crippen LogP contribution in [-0.4, -0.2) is 10.0 Å². The van der Waals surface area contributed by atoms with Crippen molar-refractivity contribution in [2.45, 2.75) is 94.1 Å². The first-order chi connectivity index (χ1) is 6.81. The van der Waals surface area contributed by atoms with Gasteiger partial charge in [-0.3, -0.25) is 0 Å². The molecule has 0 saturated carbocycles. The minimum atomic E-state index is 0. The highest BCUT2D eigenvalue weighted by atomic mass is 32.0. The Morgan fingerprint density at radius 2 is 1.16 bits per heavy atom. The molecule has 0 nitrogen and oxygen atoms in total. The van der Waals surface area contributed by atoms with Crippen LogP contribution >= 0.6 is 44.3 Å². The molecule has 0 aromatic carbocycles. The van der Waals surface area contributed by atoms with E-state index in [9.17, 15) is 0 Å². The van der Waals surface area contributed by atoms with Crippen LogP contribution in [0, 0.1) is 0 Å². The number of rotatable bonds is 3. The molecule has 19 heavy (non-hydrogen) atoms. The summed E-state index contributed by atoms with van der Waals surface area (Å²) in [5.41, 5.74) is 0. The zero-order chi connectivity index (χ0) is 12.9. The summed E-state index contributed by atoms with van der Waals surface area (Å²) in [5, 5.41) is 0.764. The zero-order valence-corrected chi connectivity index (χ0v) is 16.7. The van der Waals surface area contributed by atoms with Crippen molar-refractivity contribution < 1.29 is 0 Å². The number of hydrogen-bond acceptors (Lipinski definition) is 0. The van der Waals surface area contributed by atoms with Crippen molar-refractivity contribution in [3.05, 3.63) is 0 Å². The van der Waals surface area contributed by atoms with Crippen LogP contribution in [0.5, 0.6) is 0 Å². The van der Waals surface area contributed by atoms with Gasteiger partial charge in [-0.05, 0) is 12.3 Å². The molecule has 0 radical (unpaired) electrons. The SMILES string of the molecule is C.C.C.C.CC(P)PC(C)(P)PP.CCC.CCC. The van der Waals surface area contributed by atoms with Gasteiger partial charge in [0, 0.05) is 4.64 Å². The van der Waals surface area contributed by atoms with E-state index in [1.165, 1.54) is 12.8 Å². The van der Waals surface area contributed by atoms with Gasteiger partial charge in [0.2, 0.25) is 0 Å². The second-order valence-electron chi connectivity index (χ2n) is 3.69. The van der Waals surface area contributed by atoms with Crippen LogP contribution in [0.2, 0.25) is 0 Å². The van der Waals surface area contributed by atoms with E-state index >= 15 is 0 Å². The molecule has 0 N–H and O–H groups in total. The molecule has 0 saturated heterocycles. The molecule has 0 bridgehead atoms. The summed E-state index contributed by atoms with van der Waals surface area (Å²) in [5.74, 6) is 0. The van der Waals surface area contributed by atoms with Crippen LogP contribution in [0.3, 0.4) is 0 Å². The van der Waals surface area contributed by atoms with Crippen LogP contribution in [0.25, 0.3) is 0 Å². The molecule has 0 aromatic heterocycles. The smallest absolute Gasteiger partial charge is 0.0201 e. The van der Waals surface area contributed by atoms with Crippen LogP contribution < -0.4 is 0 Å². The summed E-state index contributed by atoms with van der Waals surface area (Å²) < 4.78 is 0.478. The summed E-state index contributed by atoms with van der Waals surface area (Å²) in [6.45, 7) is 13.0. The Balaban J connectivity index is -0.0000000252. The summed E-state index contributed by atoms with van der Waals surface area (Å²) in [6, 6.07) is 0. The minimum absolute atomic E-state index is 0. The van der Waals surface area contributed by atoms with Gasteiger partial charge >= 0.3 is 0 Å². The van der Waals surface area contributed by atoms with Gasteiger partial charge < -0.3 is 0 Å². The lowest BCUT2D eigenvalue weighted by molar-refractivity contribution is 1.09. The van der Waals surface area contributed by atoms with Gasteiger partial charge in [-0.2, -0.15) is 0 Å². The molecule has 0 aromatic rings. The van der Waals surface area contributed by atoms with E-state index in [2.05, 4.69) is 69.0 Å². The fourth-order valence-electron chi connectivity index (χ4n) is 0.515. The Bertz CT molecular complexity index is 104. The molecular formula is C14H47P5. The van der Waals surface area contributed by atoms with Crippen molar-refractivity contribution in [2.24, 2.45) is 0 Å². The highest BCUT2D eigenvalue weighted by Crippen LogP contribution is 2.57. The van der Waals surface area contributed by atoms with Crippen molar-refractivity contribution >= 4 is 44.3 Å². The molecule has 0 spiro atoms. The first-order valence-corrected chi connectivity index (χ1v) is 10.7. The maximum absolute atomic E-state index is 2.93. The van der Waals surface area contributed by atoms with E-state index in [0.29, 0.717) is 4.64 Å². The van der Waals surface area contributed by atoms with E-state index < -0.39 is 0 Å². The minimum Gasteiger partial charge on any atom is -0.130 e. The largest absolute Gasteiger partial charge is 0.130 e. The van der Waals surface area contributed by atoms with Crippen molar-refractivity contribution in [1.29, 1.82) is 0 Å². The molecule has 7 unspecified atom stereocenters. The predicted octanol–water partition coefficient (Wildman–Crippen LogP) is 8.28. The topological polar surface area (TPSA) is 0 Å². The first kappa shape index (κ1) is 42.9. The molecule has 0 rings (SSSR count). The third-order valence-corrected chi connectivity index (χ3v) is 8.51. The Labute approximate surface area is 138 Å². The highest BCUT2D eigenvalue weighted by Gasteiger charge is 2.16. The van der Waals surface area contributed by atoms with E-state index in [4.69, 9.17) is 0 Å². The predicted molar refractivity (Wildman–Crippen MR) is 122 cm³/mol. The lowest BCUT2D eigenvalue weighted by atomic mass is 10.6. The second kappa shape index (κ2) is 32.2. The first-order valence-electron chi connectivity index (χ1n) is 5.61. The van der Waals surface area contributed by atoms with Crippen molar-refractivity contribution in [2.75, 3.05) is 0 Å². The van der Waals surface area contributed by atoms with E-state index in [0.717, 1.165) is 22.3 Å². The summed E-state index contributed by atoms with van der Waals surface area (Å²) >= 11 is 0. The molecule has 5 heteroatoms. The van der Waals surface area contributed by atoms with Crippen LogP contribution in [-0.2, 0) is 0 Å². The van der Waals surface area contributed by atoms with E-state index in [1.54, 1.807) is 0 Å². The van der Waals surface area contributed by atoms with Gasteiger partial charge in [0.25, 0.3) is 0 Å². The zero-order valence-electron chi connectivity index (χ0n) is 11.2. The Morgan fingerprint density at radius 1 is 0.947 bits per heavy atom. The molecular weight excluding hydrogens is 323 g/mol. The lowest BCUT2D eigenvalue weighted by Crippen LogP contribution is -1.98. The molecule has 0 fully saturated rings. The van der Waals surface area contributed by atoms with Gasteiger partial charge in [0.05, 0.1) is 0 Å². The fraction of sp³-hybridized carbons (Fsp3) is 1.00. The van der Waals surface area contributed by atoms with E-state index in [1.807, 2.05) is 0 Å². The lowest BCUT2D eigenvalue weighted by Gasteiger charge is -2.24. The standard InChI is InChI=1S/C4H15P5.2C3H8.4CH4/c1-3(5)8-4(2,6)9-7;2*1-3-2;;;;/h3,8-9H,5-7H2,1-2H3;2*3H2,1-2H3;4*1H4. The van der Waals surface area contributed by atoms with Gasteiger partial charge in [-0.15, -0.1) is 36.0 Å². The summed E-state index contributed by atoms with van der Waals surface area (Å²) in [4.78, 5) is 0. The van der Waals surface area contributed by atoms with Crippen LogP contribution in [0.15, 0.2) is 0 Å². The average molecular weight is 370 g/mol. The molecule has 128 valence electrons. The van der Waals surface area contributed by atoms with Crippen LogP contribution in [0.4, 0.5) is 0 Å².